The number of aryl methyl sites for hydroxylation is 2. The van der Waals surface area contributed by atoms with E-state index in [9.17, 15) is 15.0 Å². The normalized spacial score (nSPS) is 22.8. The molecule has 1 heterocycles. The number of benzene rings is 1. The summed E-state index contributed by atoms with van der Waals surface area (Å²) in [6.07, 6.45) is 5.10. The molecule has 1 fully saturated rings. The first kappa shape index (κ1) is 18.4. The standard InChI is InChI=1S/C21H26N2O3/c1-15-2-4-16(5-3-15)6-9-20(25)23-17-10-12-21(26,13-11-17)19-8-7-18(24)14-22-19/h2-5,7-8,14,17,24,26H,6,9-13H2,1H3,(H,23,25)/t17-,21-. The maximum atomic E-state index is 12.2. The first-order chi connectivity index (χ1) is 12.4. The topological polar surface area (TPSA) is 82.5 Å². The fourth-order valence-corrected chi connectivity index (χ4v) is 3.47. The lowest BCUT2D eigenvalue weighted by molar-refractivity contribution is -0.122. The third-order valence-corrected chi connectivity index (χ3v) is 5.16. The third kappa shape index (κ3) is 4.61. The number of pyridine rings is 1. The van der Waals surface area contributed by atoms with Crippen LogP contribution in [0.5, 0.6) is 5.75 Å². The Morgan fingerprint density at radius 3 is 2.50 bits per heavy atom. The van der Waals surface area contributed by atoms with Crippen LogP contribution >= 0.6 is 0 Å². The SMILES string of the molecule is Cc1ccc(CCC(=O)N[C@H]2CC[C@@](O)(c3ccc(O)cn3)CC2)cc1. The van der Waals surface area contributed by atoms with E-state index in [4.69, 9.17) is 0 Å². The Bertz CT molecular complexity index is 733. The van der Waals surface area contributed by atoms with Gasteiger partial charge in [-0.05, 0) is 56.7 Å². The number of aromatic nitrogens is 1. The van der Waals surface area contributed by atoms with Gasteiger partial charge in [0.25, 0.3) is 0 Å². The van der Waals surface area contributed by atoms with Crippen molar-refractivity contribution in [3.63, 3.8) is 0 Å². The van der Waals surface area contributed by atoms with Crippen molar-refractivity contribution in [3.05, 3.63) is 59.4 Å². The van der Waals surface area contributed by atoms with Crippen molar-refractivity contribution in [1.82, 2.24) is 10.3 Å². The second-order valence-corrected chi connectivity index (χ2v) is 7.26. The highest BCUT2D eigenvalue weighted by Crippen LogP contribution is 2.36. The van der Waals surface area contributed by atoms with Crippen molar-refractivity contribution in [1.29, 1.82) is 0 Å². The van der Waals surface area contributed by atoms with Crippen molar-refractivity contribution in [2.45, 2.75) is 57.1 Å². The number of hydrogen-bond acceptors (Lipinski definition) is 4. The molecule has 3 rings (SSSR count). The Morgan fingerprint density at radius 1 is 1.19 bits per heavy atom. The molecule has 5 nitrogen and oxygen atoms in total. The van der Waals surface area contributed by atoms with E-state index >= 15 is 0 Å². The molecule has 138 valence electrons. The lowest BCUT2D eigenvalue weighted by Gasteiger charge is -2.35. The molecule has 0 saturated heterocycles. The van der Waals surface area contributed by atoms with Crippen molar-refractivity contribution < 1.29 is 15.0 Å². The molecule has 3 N–H and O–H groups in total. The van der Waals surface area contributed by atoms with Crippen LogP contribution in [0.25, 0.3) is 0 Å². The van der Waals surface area contributed by atoms with E-state index in [1.54, 1.807) is 12.1 Å². The Kier molecular flexibility index (Phi) is 5.57. The van der Waals surface area contributed by atoms with Crippen LogP contribution in [0.4, 0.5) is 0 Å². The zero-order valence-corrected chi connectivity index (χ0v) is 15.1. The summed E-state index contributed by atoms with van der Waals surface area (Å²) in [6, 6.07) is 11.5. The molecule has 1 amide bonds. The van der Waals surface area contributed by atoms with E-state index in [0.29, 0.717) is 25.0 Å². The Hall–Kier alpha value is -2.40. The monoisotopic (exact) mass is 354 g/mol. The fourth-order valence-electron chi connectivity index (χ4n) is 3.47. The second-order valence-electron chi connectivity index (χ2n) is 7.26. The molecular formula is C21H26N2O3. The number of hydrogen-bond donors (Lipinski definition) is 3. The van der Waals surface area contributed by atoms with Gasteiger partial charge in [0.1, 0.15) is 11.4 Å². The molecular weight excluding hydrogens is 328 g/mol. The molecule has 1 saturated carbocycles. The van der Waals surface area contributed by atoms with Gasteiger partial charge in [-0.25, -0.2) is 0 Å². The van der Waals surface area contributed by atoms with Gasteiger partial charge in [-0.3, -0.25) is 9.78 Å². The van der Waals surface area contributed by atoms with E-state index in [0.717, 1.165) is 19.3 Å². The van der Waals surface area contributed by atoms with Gasteiger partial charge in [-0.1, -0.05) is 29.8 Å². The minimum atomic E-state index is -0.975. The van der Waals surface area contributed by atoms with Gasteiger partial charge in [-0.15, -0.1) is 0 Å². The molecule has 5 heteroatoms. The van der Waals surface area contributed by atoms with Gasteiger partial charge < -0.3 is 15.5 Å². The number of nitrogens with zero attached hydrogens (tertiary/aromatic N) is 1. The molecule has 1 aromatic heterocycles. The summed E-state index contributed by atoms with van der Waals surface area (Å²) >= 11 is 0. The van der Waals surface area contributed by atoms with Crippen molar-refractivity contribution in [2.75, 3.05) is 0 Å². The zero-order chi connectivity index (χ0) is 18.6. The van der Waals surface area contributed by atoms with E-state index in [1.165, 1.54) is 17.3 Å². The highest BCUT2D eigenvalue weighted by molar-refractivity contribution is 5.76. The molecule has 1 aliphatic rings. The second kappa shape index (κ2) is 7.87. The van der Waals surface area contributed by atoms with Crippen molar-refractivity contribution in [3.8, 4) is 5.75 Å². The minimum absolute atomic E-state index is 0.0590. The number of amides is 1. The summed E-state index contributed by atoms with van der Waals surface area (Å²) in [6.45, 7) is 2.05. The average molecular weight is 354 g/mol. The molecule has 0 atom stereocenters. The summed E-state index contributed by atoms with van der Waals surface area (Å²) in [5, 5.41) is 23.2. The highest BCUT2D eigenvalue weighted by atomic mass is 16.3. The molecule has 0 radical (unpaired) electrons. The fraction of sp³-hybridized carbons (Fsp3) is 0.429. The van der Waals surface area contributed by atoms with E-state index in [1.807, 2.05) is 0 Å². The summed E-state index contributed by atoms with van der Waals surface area (Å²) in [4.78, 5) is 16.3. The Morgan fingerprint density at radius 2 is 1.88 bits per heavy atom. The lowest BCUT2D eigenvalue weighted by Crippen LogP contribution is -2.42. The van der Waals surface area contributed by atoms with Gasteiger partial charge in [0, 0.05) is 12.5 Å². The van der Waals surface area contributed by atoms with E-state index in [-0.39, 0.29) is 17.7 Å². The number of nitrogens with one attached hydrogen (secondary N) is 1. The molecule has 0 aliphatic heterocycles. The first-order valence-corrected chi connectivity index (χ1v) is 9.17. The predicted molar refractivity (Wildman–Crippen MR) is 99.7 cm³/mol. The van der Waals surface area contributed by atoms with Gasteiger partial charge in [0.15, 0.2) is 0 Å². The van der Waals surface area contributed by atoms with E-state index < -0.39 is 5.60 Å². The first-order valence-electron chi connectivity index (χ1n) is 9.17. The summed E-state index contributed by atoms with van der Waals surface area (Å²) in [5.74, 6) is 0.149. The maximum absolute atomic E-state index is 12.2. The largest absolute Gasteiger partial charge is 0.506 e. The molecule has 26 heavy (non-hydrogen) atoms. The molecule has 0 bridgehead atoms. The maximum Gasteiger partial charge on any atom is 0.220 e. The number of rotatable bonds is 5. The van der Waals surface area contributed by atoms with Crippen LogP contribution in [0.3, 0.4) is 0 Å². The van der Waals surface area contributed by atoms with Gasteiger partial charge in [0.05, 0.1) is 11.9 Å². The summed E-state index contributed by atoms with van der Waals surface area (Å²) in [7, 11) is 0. The number of carbonyl (C=O) groups is 1. The molecule has 1 aliphatic carbocycles. The quantitative estimate of drug-likeness (QED) is 0.771. The third-order valence-electron chi connectivity index (χ3n) is 5.16. The van der Waals surface area contributed by atoms with Crippen LogP contribution in [-0.2, 0) is 16.8 Å². The number of aromatic hydroxyl groups is 1. The highest BCUT2D eigenvalue weighted by Gasteiger charge is 2.36. The molecule has 1 aromatic carbocycles. The average Bonchev–Trinajstić information content (AvgIpc) is 2.64. The van der Waals surface area contributed by atoms with Crippen LogP contribution in [0.15, 0.2) is 42.6 Å². The lowest BCUT2D eigenvalue weighted by atomic mass is 9.80. The smallest absolute Gasteiger partial charge is 0.220 e. The van der Waals surface area contributed by atoms with Crippen LogP contribution in [0.2, 0.25) is 0 Å². The predicted octanol–water partition coefficient (Wildman–Crippen LogP) is 2.97. The molecule has 0 unspecified atom stereocenters. The number of carbonyl (C=O) groups excluding carboxylic acids is 1. The van der Waals surface area contributed by atoms with Gasteiger partial charge >= 0.3 is 0 Å². The number of aliphatic hydroxyl groups is 1. The molecule has 0 spiro atoms. The van der Waals surface area contributed by atoms with Crippen LogP contribution in [0.1, 0.15) is 48.9 Å². The Labute approximate surface area is 154 Å². The zero-order valence-electron chi connectivity index (χ0n) is 15.1. The van der Waals surface area contributed by atoms with Crippen LogP contribution in [-0.4, -0.2) is 27.1 Å². The van der Waals surface area contributed by atoms with E-state index in [2.05, 4.69) is 41.5 Å². The molecule has 2 aromatic rings. The summed E-state index contributed by atoms with van der Waals surface area (Å²) < 4.78 is 0. The van der Waals surface area contributed by atoms with Gasteiger partial charge in [-0.2, -0.15) is 0 Å². The van der Waals surface area contributed by atoms with Crippen LogP contribution in [0, 0.1) is 6.92 Å². The van der Waals surface area contributed by atoms with Crippen LogP contribution < -0.4 is 5.32 Å². The van der Waals surface area contributed by atoms with Crippen molar-refractivity contribution >= 4 is 5.91 Å². The van der Waals surface area contributed by atoms with Gasteiger partial charge in [0.2, 0.25) is 5.91 Å². The summed E-state index contributed by atoms with van der Waals surface area (Å²) in [5.41, 5.74) is 1.99. The Balaban J connectivity index is 1.46. The van der Waals surface area contributed by atoms with Crippen molar-refractivity contribution in [2.24, 2.45) is 0 Å². The minimum Gasteiger partial charge on any atom is -0.506 e.